The molecule has 5 heteroatoms. The van der Waals surface area contributed by atoms with E-state index in [1.165, 1.54) is 12.1 Å². The lowest BCUT2D eigenvalue weighted by Crippen LogP contribution is -2.21. The van der Waals surface area contributed by atoms with Crippen LogP contribution in [0.15, 0.2) is 18.2 Å². The molecule has 1 aromatic rings. The predicted molar refractivity (Wildman–Crippen MR) is 59.9 cm³/mol. The first-order valence-corrected chi connectivity index (χ1v) is 5.41. The van der Waals surface area contributed by atoms with Crippen LogP contribution in [0.4, 0.5) is 13.2 Å². The third-order valence-electron chi connectivity index (χ3n) is 2.08. The van der Waals surface area contributed by atoms with Gasteiger partial charge in [0.15, 0.2) is 11.6 Å². The lowest BCUT2D eigenvalue weighted by atomic mass is 10.2. The summed E-state index contributed by atoms with van der Waals surface area (Å²) in [5.41, 5.74) is 0.751. The van der Waals surface area contributed by atoms with E-state index in [1.807, 2.05) is 13.8 Å². The molecule has 0 unspecified atom stereocenters. The van der Waals surface area contributed by atoms with Crippen LogP contribution in [-0.4, -0.2) is 19.1 Å². The fourth-order valence-corrected chi connectivity index (χ4v) is 1.25. The highest BCUT2D eigenvalue weighted by atomic mass is 19.3. The summed E-state index contributed by atoms with van der Waals surface area (Å²) >= 11 is 0. The maximum Gasteiger partial charge on any atom is 0.272 e. The SMILES string of the molecule is CC(C)NCc1ccc(OCC(F)F)c(F)c1. The van der Waals surface area contributed by atoms with E-state index in [9.17, 15) is 13.2 Å². The second-order valence-electron chi connectivity index (χ2n) is 4.00. The molecule has 0 atom stereocenters. The Labute approximate surface area is 98.8 Å². The van der Waals surface area contributed by atoms with Crippen molar-refractivity contribution in [1.82, 2.24) is 5.32 Å². The Morgan fingerprint density at radius 1 is 1.29 bits per heavy atom. The number of hydrogen-bond donors (Lipinski definition) is 1. The Bertz CT molecular complexity index is 356. The number of rotatable bonds is 6. The largest absolute Gasteiger partial charge is 0.485 e. The summed E-state index contributed by atoms with van der Waals surface area (Å²) in [4.78, 5) is 0. The van der Waals surface area contributed by atoms with Gasteiger partial charge in [0.05, 0.1) is 0 Å². The van der Waals surface area contributed by atoms with Crippen molar-refractivity contribution in [2.75, 3.05) is 6.61 Å². The Kier molecular flexibility index (Phi) is 5.28. The van der Waals surface area contributed by atoms with Gasteiger partial charge in [-0.25, -0.2) is 13.2 Å². The maximum atomic E-state index is 13.4. The molecule has 0 radical (unpaired) electrons. The van der Waals surface area contributed by atoms with Gasteiger partial charge in [-0.1, -0.05) is 19.9 Å². The molecular weight excluding hydrogens is 231 g/mol. The minimum Gasteiger partial charge on any atom is -0.485 e. The maximum absolute atomic E-state index is 13.4. The summed E-state index contributed by atoms with van der Waals surface area (Å²) in [6.07, 6.45) is -2.60. The standard InChI is InChI=1S/C12H16F3NO/c1-8(2)16-6-9-3-4-11(10(13)5-9)17-7-12(14)15/h3-5,8,12,16H,6-7H2,1-2H3. The molecule has 0 spiro atoms. The van der Waals surface area contributed by atoms with Crippen molar-refractivity contribution < 1.29 is 17.9 Å². The molecule has 96 valence electrons. The van der Waals surface area contributed by atoms with Crippen LogP contribution in [0.3, 0.4) is 0 Å². The highest BCUT2D eigenvalue weighted by molar-refractivity contribution is 5.29. The summed E-state index contributed by atoms with van der Waals surface area (Å²) in [5, 5.41) is 3.13. The van der Waals surface area contributed by atoms with Gasteiger partial charge in [0.25, 0.3) is 6.43 Å². The molecular formula is C12H16F3NO. The Morgan fingerprint density at radius 2 is 2.00 bits per heavy atom. The van der Waals surface area contributed by atoms with Crippen molar-refractivity contribution in [2.24, 2.45) is 0 Å². The molecule has 1 N–H and O–H groups in total. The minimum atomic E-state index is -2.60. The van der Waals surface area contributed by atoms with E-state index < -0.39 is 18.8 Å². The van der Waals surface area contributed by atoms with Crippen molar-refractivity contribution in [3.8, 4) is 5.75 Å². The van der Waals surface area contributed by atoms with Crippen LogP contribution in [0.5, 0.6) is 5.75 Å². The van der Waals surface area contributed by atoms with E-state index in [-0.39, 0.29) is 5.75 Å². The van der Waals surface area contributed by atoms with Crippen molar-refractivity contribution in [3.63, 3.8) is 0 Å². The van der Waals surface area contributed by atoms with Crippen molar-refractivity contribution >= 4 is 0 Å². The number of alkyl halides is 2. The number of ether oxygens (including phenoxy) is 1. The van der Waals surface area contributed by atoms with Gasteiger partial charge in [0.1, 0.15) is 6.61 Å². The molecule has 17 heavy (non-hydrogen) atoms. The molecule has 0 saturated carbocycles. The quantitative estimate of drug-likeness (QED) is 0.834. The molecule has 1 aromatic carbocycles. The van der Waals surface area contributed by atoms with Gasteiger partial charge >= 0.3 is 0 Å². The first-order chi connectivity index (χ1) is 7.99. The highest BCUT2D eigenvalue weighted by Gasteiger charge is 2.08. The van der Waals surface area contributed by atoms with Crippen LogP contribution in [0, 0.1) is 5.82 Å². The summed E-state index contributed by atoms with van der Waals surface area (Å²) in [6.45, 7) is 3.71. The van der Waals surface area contributed by atoms with Crippen LogP contribution in [0.2, 0.25) is 0 Å². The lowest BCUT2D eigenvalue weighted by molar-refractivity contribution is 0.0799. The smallest absolute Gasteiger partial charge is 0.272 e. The summed E-state index contributed by atoms with van der Waals surface area (Å²) in [7, 11) is 0. The van der Waals surface area contributed by atoms with Gasteiger partial charge in [-0.3, -0.25) is 0 Å². The summed E-state index contributed by atoms with van der Waals surface area (Å²) in [5.74, 6) is -0.757. The molecule has 0 aromatic heterocycles. The number of nitrogens with one attached hydrogen (secondary N) is 1. The Balaban J connectivity index is 2.59. The van der Waals surface area contributed by atoms with E-state index in [0.717, 1.165) is 5.56 Å². The normalized spacial score (nSPS) is 11.2. The second kappa shape index (κ2) is 6.49. The molecule has 0 heterocycles. The fourth-order valence-electron chi connectivity index (χ4n) is 1.25. The minimum absolute atomic E-state index is 0.140. The van der Waals surface area contributed by atoms with E-state index >= 15 is 0 Å². The molecule has 0 amide bonds. The first kappa shape index (κ1) is 13.8. The monoisotopic (exact) mass is 247 g/mol. The third kappa shape index (κ3) is 5.08. The molecule has 0 aliphatic carbocycles. The zero-order chi connectivity index (χ0) is 12.8. The zero-order valence-electron chi connectivity index (χ0n) is 9.84. The van der Waals surface area contributed by atoms with Crippen LogP contribution in [0.25, 0.3) is 0 Å². The van der Waals surface area contributed by atoms with E-state index in [1.54, 1.807) is 6.07 Å². The van der Waals surface area contributed by atoms with Gasteiger partial charge in [0, 0.05) is 12.6 Å². The van der Waals surface area contributed by atoms with Gasteiger partial charge in [-0.05, 0) is 17.7 Å². The molecule has 0 fully saturated rings. The number of benzene rings is 1. The third-order valence-corrected chi connectivity index (χ3v) is 2.08. The van der Waals surface area contributed by atoms with Crippen LogP contribution in [-0.2, 0) is 6.54 Å². The fraction of sp³-hybridized carbons (Fsp3) is 0.500. The second-order valence-corrected chi connectivity index (χ2v) is 4.00. The molecule has 1 rings (SSSR count). The highest BCUT2D eigenvalue weighted by Crippen LogP contribution is 2.19. The average molecular weight is 247 g/mol. The average Bonchev–Trinajstić information content (AvgIpc) is 2.24. The van der Waals surface area contributed by atoms with Crippen LogP contribution >= 0.6 is 0 Å². The van der Waals surface area contributed by atoms with E-state index in [0.29, 0.717) is 12.6 Å². The summed E-state index contributed by atoms with van der Waals surface area (Å²) < 4.78 is 41.8. The van der Waals surface area contributed by atoms with E-state index in [2.05, 4.69) is 10.1 Å². The van der Waals surface area contributed by atoms with Gasteiger partial charge in [0.2, 0.25) is 0 Å². The molecule has 0 bridgehead atoms. The van der Waals surface area contributed by atoms with Gasteiger partial charge in [-0.15, -0.1) is 0 Å². The van der Waals surface area contributed by atoms with Crippen LogP contribution < -0.4 is 10.1 Å². The molecule has 0 aliphatic rings. The topological polar surface area (TPSA) is 21.3 Å². The number of hydrogen-bond acceptors (Lipinski definition) is 2. The van der Waals surface area contributed by atoms with Crippen molar-refractivity contribution in [3.05, 3.63) is 29.6 Å². The molecule has 0 aliphatic heterocycles. The molecule has 2 nitrogen and oxygen atoms in total. The zero-order valence-corrected chi connectivity index (χ0v) is 9.84. The Morgan fingerprint density at radius 3 is 2.53 bits per heavy atom. The first-order valence-electron chi connectivity index (χ1n) is 5.41. The van der Waals surface area contributed by atoms with Gasteiger partial charge in [-0.2, -0.15) is 0 Å². The number of halogens is 3. The predicted octanol–water partition coefficient (Wildman–Crippen LogP) is 2.97. The van der Waals surface area contributed by atoms with Crippen molar-refractivity contribution in [2.45, 2.75) is 32.9 Å². The van der Waals surface area contributed by atoms with Gasteiger partial charge < -0.3 is 10.1 Å². The molecule has 0 saturated heterocycles. The van der Waals surface area contributed by atoms with Crippen LogP contribution in [0.1, 0.15) is 19.4 Å². The van der Waals surface area contributed by atoms with E-state index in [4.69, 9.17) is 0 Å². The lowest BCUT2D eigenvalue weighted by Gasteiger charge is -2.10. The Hall–Kier alpha value is -1.23. The summed E-state index contributed by atoms with van der Waals surface area (Å²) in [6, 6.07) is 4.61. The van der Waals surface area contributed by atoms with Crippen molar-refractivity contribution in [1.29, 1.82) is 0 Å².